The first-order valence-corrected chi connectivity index (χ1v) is 7.97. The van der Waals surface area contributed by atoms with Crippen molar-refractivity contribution in [3.8, 4) is 0 Å². The SMILES string of the molecule is O=c1[nH]c2ccccc2n1C1=CCCN(Cc2ccccc2)C1. The topological polar surface area (TPSA) is 41.0 Å². The average molecular weight is 305 g/mol. The summed E-state index contributed by atoms with van der Waals surface area (Å²) in [6.07, 6.45) is 3.15. The zero-order valence-corrected chi connectivity index (χ0v) is 12.9. The van der Waals surface area contributed by atoms with Crippen LogP contribution in [0.1, 0.15) is 12.0 Å². The molecule has 0 bridgehead atoms. The molecule has 0 atom stereocenters. The van der Waals surface area contributed by atoms with Gasteiger partial charge in [0.1, 0.15) is 0 Å². The van der Waals surface area contributed by atoms with Crippen LogP contribution in [0, 0.1) is 0 Å². The van der Waals surface area contributed by atoms with Crippen LogP contribution in [0.25, 0.3) is 16.7 Å². The maximum Gasteiger partial charge on any atom is 0.330 e. The third-order valence-electron chi connectivity index (χ3n) is 4.34. The van der Waals surface area contributed by atoms with Crippen LogP contribution in [0.3, 0.4) is 0 Å². The maximum absolute atomic E-state index is 12.4. The van der Waals surface area contributed by atoms with Gasteiger partial charge in [0.25, 0.3) is 0 Å². The lowest BCUT2D eigenvalue weighted by Gasteiger charge is -2.27. The molecule has 4 nitrogen and oxygen atoms in total. The van der Waals surface area contributed by atoms with E-state index in [1.54, 1.807) is 0 Å². The van der Waals surface area contributed by atoms with E-state index in [1.807, 2.05) is 34.9 Å². The molecule has 116 valence electrons. The van der Waals surface area contributed by atoms with Gasteiger partial charge in [-0.15, -0.1) is 0 Å². The largest absolute Gasteiger partial charge is 0.330 e. The molecule has 0 spiro atoms. The molecule has 0 saturated carbocycles. The van der Waals surface area contributed by atoms with Crippen molar-refractivity contribution in [3.63, 3.8) is 0 Å². The predicted octanol–water partition coefficient (Wildman–Crippen LogP) is 3.08. The van der Waals surface area contributed by atoms with E-state index in [9.17, 15) is 4.79 Å². The van der Waals surface area contributed by atoms with Gasteiger partial charge in [-0.1, -0.05) is 48.5 Å². The van der Waals surface area contributed by atoms with Crippen LogP contribution in [-0.4, -0.2) is 27.5 Å². The third-order valence-corrected chi connectivity index (χ3v) is 4.34. The van der Waals surface area contributed by atoms with E-state index in [0.717, 1.165) is 42.8 Å². The zero-order valence-electron chi connectivity index (χ0n) is 12.9. The Balaban J connectivity index is 1.63. The highest BCUT2D eigenvalue weighted by molar-refractivity contribution is 5.79. The van der Waals surface area contributed by atoms with Gasteiger partial charge in [0.2, 0.25) is 0 Å². The summed E-state index contributed by atoms with van der Waals surface area (Å²) in [6, 6.07) is 18.3. The number of nitrogens with zero attached hydrogens (tertiary/aromatic N) is 2. The van der Waals surface area contributed by atoms with Gasteiger partial charge in [-0.05, 0) is 24.1 Å². The standard InChI is InChI=1S/C19H19N3O/c23-19-20-17-10-4-5-11-18(17)22(19)16-9-6-12-21(14-16)13-15-7-2-1-3-8-15/h1-5,7-11H,6,12-14H2,(H,20,23). The van der Waals surface area contributed by atoms with Crippen molar-refractivity contribution in [2.45, 2.75) is 13.0 Å². The Morgan fingerprint density at radius 3 is 2.65 bits per heavy atom. The summed E-state index contributed by atoms with van der Waals surface area (Å²) >= 11 is 0. The van der Waals surface area contributed by atoms with Crippen molar-refractivity contribution in [2.24, 2.45) is 0 Å². The van der Waals surface area contributed by atoms with Crippen LogP contribution in [-0.2, 0) is 6.54 Å². The zero-order chi connectivity index (χ0) is 15.6. The molecule has 2 heterocycles. The van der Waals surface area contributed by atoms with Crippen LogP contribution in [0.4, 0.5) is 0 Å². The number of aromatic amines is 1. The Morgan fingerprint density at radius 2 is 1.78 bits per heavy atom. The molecule has 0 aliphatic carbocycles. The Morgan fingerprint density at radius 1 is 1.00 bits per heavy atom. The van der Waals surface area contributed by atoms with Crippen molar-refractivity contribution in [3.05, 3.63) is 76.7 Å². The smallest absolute Gasteiger partial charge is 0.305 e. The molecule has 3 aromatic rings. The van der Waals surface area contributed by atoms with E-state index in [1.165, 1.54) is 5.56 Å². The second-order valence-electron chi connectivity index (χ2n) is 5.96. The second kappa shape index (κ2) is 5.89. The van der Waals surface area contributed by atoms with E-state index in [2.05, 4.69) is 40.2 Å². The van der Waals surface area contributed by atoms with E-state index < -0.39 is 0 Å². The molecule has 0 saturated heterocycles. The summed E-state index contributed by atoms with van der Waals surface area (Å²) in [4.78, 5) is 17.7. The Labute approximate surface area is 134 Å². The summed E-state index contributed by atoms with van der Waals surface area (Å²) < 4.78 is 1.81. The number of H-pyrrole nitrogens is 1. The summed E-state index contributed by atoms with van der Waals surface area (Å²) in [5.74, 6) is 0. The van der Waals surface area contributed by atoms with Crippen molar-refractivity contribution >= 4 is 16.7 Å². The van der Waals surface area contributed by atoms with E-state index >= 15 is 0 Å². The number of rotatable bonds is 3. The number of fused-ring (bicyclic) bond motifs is 1. The van der Waals surface area contributed by atoms with Crippen LogP contribution in [0.5, 0.6) is 0 Å². The summed E-state index contributed by atoms with van der Waals surface area (Å²) in [5.41, 5.74) is 4.15. The van der Waals surface area contributed by atoms with E-state index in [0.29, 0.717) is 0 Å². The van der Waals surface area contributed by atoms with Crippen molar-refractivity contribution < 1.29 is 0 Å². The van der Waals surface area contributed by atoms with E-state index in [-0.39, 0.29) is 5.69 Å². The second-order valence-corrected chi connectivity index (χ2v) is 5.96. The maximum atomic E-state index is 12.4. The number of hydrogen-bond acceptors (Lipinski definition) is 2. The van der Waals surface area contributed by atoms with Crippen LogP contribution < -0.4 is 5.69 Å². The van der Waals surface area contributed by atoms with Crippen molar-refractivity contribution in [2.75, 3.05) is 13.1 Å². The molecule has 4 heteroatoms. The van der Waals surface area contributed by atoms with Crippen LogP contribution in [0.2, 0.25) is 0 Å². The lowest BCUT2D eigenvalue weighted by Crippen LogP contribution is -2.32. The minimum absolute atomic E-state index is 0.0565. The number of para-hydroxylation sites is 2. The fourth-order valence-electron chi connectivity index (χ4n) is 3.26. The molecule has 0 radical (unpaired) electrons. The molecule has 1 N–H and O–H groups in total. The van der Waals surface area contributed by atoms with Crippen LogP contribution in [0.15, 0.2) is 65.5 Å². The van der Waals surface area contributed by atoms with Gasteiger partial charge < -0.3 is 4.98 Å². The number of aromatic nitrogens is 2. The minimum atomic E-state index is -0.0565. The number of benzene rings is 2. The summed E-state index contributed by atoms with van der Waals surface area (Å²) in [7, 11) is 0. The van der Waals surface area contributed by atoms with Crippen molar-refractivity contribution in [1.29, 1.82) is 0 Å². The van der Waals surface area contributed by atoms with Gasteiger partial charge in [0.05, 0.1) is 11.0 Å². The first kappa shape index (κ1) is 14.0. The normalized spacial score (nSPS) is 15.7. The summed E-state index contributed by atoms with van der Waals surface area (Å²) in [6.45, 7) is 2.72. The molecule has 0 fully saturated rings. The van der Waals surface area contributed by atoms with Gasteiger partial charge in [-0.25, -0.2) is 4.79 Å². The molecule has 0 unspecified atom stereocenters. The van der Waals surface area contributed by atoms with Gasteiger partial charge in [-0.3, -0.25) is 9.47 Å². The fourth-order valence-corrected chi connectivity index (χ4v) is 3.26. The number of imidazole rings is 1. The number of nitrogens with one attached hydrogen (secondary N) is 1. The minimum Gasteiger partial charge on any atom is -0.305 e. The van der Waals surface area contributed by atoms with Crippen LogP contribution >= 0.6 is 0 Å². The summed E-state index contributed by atoms with van der Waals surface area (Å²) in [5, 5.41) is 0. The van der Waals surface area contributed by atoms with Crippen molar-refractivity contribution in [1.82, 2.24) is 14.5 Å². The first-order valence-electron chi connectivity index (χ1n) is 7.97. The highest BCUT2D eigenvalue weighted by Crippen LogP contribution is 2.20. The Hall–Kier alpha value is -2.59. The molecule has 23 heavy (non-hydrogen) atoms. The third kappa shape index (κ3) is 2.73. The molecule has 1 aromatic heterocycles. The fraction of sp³-hybridized carbons (Fsp3) is 0.211. The van der Waals surface area contributed by atoms with Gasteiger partial charge >= 0.3 is 5.69 Å². The lowest BCUT2D eigenvalue weighted by atomic mass is 10.1. The predicted molar refractivity (Wildman–Crippen MR) is 93.2 cm³/mol. The lowest BCUT2D eigenvalue weighted by molar-refractivity contribution is 0.292. The van der Waals surface area contributed by atoms with Gasteiger partial charge in [-0.2, -0.15) is 0 Å². The molecular weight excluding hydrogens is 286 g/mol. The Kier molecular flexibility index (Phi) is 3.60. The number of hydrogen-bond donors (Lipinski definition) is 1. The molecule has 4 rings (SSSR count). The first-order chi connectivity index (χ1) is 11.3. The molecule has 1 aliphatic rings. The van der Waals surface area contributed by atoms with E-state index in [4.69, 9.17) is 0 Å². The highest BCUT2D eigenvalue weighted by Gasteiger charge is 2.17. The molecule has 2 aromatic carbocycles. The Bertz CT molecular complexity index is 905. The molecule has 0 amide bonds. The average Bonchev–Trinajstić information content (AvgIpc) is 2.92. The van der Waals surface area contributed by atoms with Gasteiger partial charge in [0.15, 0.2) is 0 Å². The molecule has 1 aliphatic heterocycles. The highest BCUT2D eigenvalue weighted by atomic mass is 16.1. The monoisotopic (exact) mass is 305 g/mol. The quantitative estimate of drug-likeness (QED) is 0.808. The van der Waals surface area contributed by atoms with Gasteiger partial charge in [0, 0.05) is 25.3 Å². The molecular formula is C19H19N3O.